The minimum Gasteiger partial charge on any atom is -0.508 e. The molecular weight excluding hydrogens is 530 g/mol. The van der Waals surface area contributed by atoms with E-state index in [9.17, 15) is 29.4 Å². The van der Waals surface area contributed by atoms with Crippen molar-refractivity contribution in [3.05, 3.63) is 41.1 Å². The summed E-state index contributed by atoms with van der Waals surface area (Å²) in [7, 11) is 1.24. The number of tetrazole rings is 1. The lowest BCUT2D eigenvalue weighted by atomic mass is 10.0. The molecule has 194 valence electrons. The monoisotopic (exact) mass is 549 g/mol. The molecule has 1 aromatic heterocycles. The number of fused-ring (bicyclic) bond motifs is 1. The van der Waals surface area contributed by atoms with E-state index in [4.69, 9.17) is 9.94 Å². The molecular formula is C20H19N7O8S2. The molecule has 2 aliphatic heterocycles. The van der Waals surface area contributed by atoms with E-state index in [1.807, 2.05) is 0 Å². The van der Waals surface area contributed by atoms with Gasteiger partial charge in [0, 0.05) is 17.1 Å². The first kappa shape index (κ1) is 26.0. The van der Waals surface area contributed by atoms with Crippen LogP contribution in [0, 0.1) is 0 Å². The predicted molar refractivity (Wildman–Crippen MR) is 128 cm³/mol. The number of carboxylic acids is 2. The number of phenols is 1. The Morgan fingerprint density at radius 3 is 2.78 bits per heavy atom. The molecule has 15 nitrogen and oxygen atoms in total. The van der Waals surface area contributed by atoms with Crippen LogP contribution >= 0.6 is 23.5 Å². The van der Waals surface area contributed by atoms with Gasteiger partial charge in [-0.3, -0.25) is 19.3 Å². The van der Waals surface area contributed by atoms with Crippen molar-refractivity contribution in [1.82, 2.24) is 30.4 Å². The maximum Gasteiger partial charge on any atom is 0.352 e. The number of carbonyl (C=O) groups excluding carboxylic acids is 2. The van der Waals surface area contributed by atoms with Gasteiger partial charge < -0.3 is 25.5 Å². The van der Waals surface area contributed by atoms with Gasteiger partial charge in [0.15, 0.2) is 5.71 Å². The number of β-lactam (4-membered cyclic amide) rings is 1. The standard InChI is InChI=1S/C20H19N7O8S2/c1-35-23-13(9-3-2-4-11(28)5-9)16(31)21-14-17(32)27-15(19(33)34)10(7-36-18(14)27)8-37-20-22-24-25-26(20)6-12(29)30/h2-5,14,18,28H,6-8H2,1H3,(H,21,31)(H,29,30)(H,33,34)/b23-13+/t14?,18-/m1/s1. The zero-order valence-corrected chi connectivity index (χ0v) is 20.6. The molecule has 1 unspecified atom stereocenters. The first-order valence-corrected chi connectivity index (χ1v) is 12.5. The Morgan fingerprint density at radius 1 is 1.32 bits per heavy atom. The number of carbonyl (C=O) groups is 4. The van der Waals surface area contributed by atoms with Gasteiger partial charge in [0.1, 0.15) is 36.5 Å². The second-order valence-electron chi connectivity index (χ2n) is 7.59. The summed E-state index contributed by atoms with van der Waals surface area (Å²) in [4.78, 5) is 54.7. The SMILES string of the molecule is CO/N=C(/C(=O)NC1C(=O)N2C(C(=O)O)=C(CSc3nnnn3CC(=O)O)CS[C@H]12)c1cccc(O)c1. The predicted octanol–water partition coefficient (Wildman–Crippen LogP) is -0.655. The number of amides is 2. The van der Waals surface area contributed by atoms with E-state index >= 15 is 0 Å². The summed E-state index contributed by atoms with van der Waals surface area (Å²) in [6.07, 6.45) is 0. The van der Waals surface area contributed by atoms with E-state index in [-0.39, 0.29) is 39.4 Å². The van der Waals surface area contributed by atoms with Crippen LogP contribution in [0.15, 0.2) is 45.8 Å². The molecule has 0 spiro atoms. The molecule has 1 fully saturated rings. The minimum absolute atomic E-state index is 0.0959. The first-order valence-electron chi connectivity index (χ1n) is 10.4. The molecule has 3 heterocycles. The zero-order valence-electron chi connectivity index (χ0n) is 19.0. The summed E-state index contributed by atoms with van der Waals surface area (Å²) in [6, 6.07) is 4.76. The number of aromatic nitrogens is 4. The fraction of sp³-hybridized carbons (Fsp3) is 0.300. The Bertz CT molecular complexity index is 1330. The third-order valence-electron chi connectivity index (χ3n) is 5.21. The summed E-state index contributed by atoms with van der Waals surface area (Å²) < 4.78 is 1.07. The highest BCUT2D eigenvalue weighted by molar-refractivity contribution is 8.01. The van der Waals surface area contributed by atoms with Crippen molar-refractivity contribution in [2.75, 3.05) is 18.6 Å². The van der Waals surface area contributed by atoms with Crippen LogP contribution in [0.4, 0.5) is 0 Å². The highest BCUT2D eigenvalue weighted by Gasteiger charge is 2.54. The van der Waals surface area contributed by atoms with Crippen molar-refractivity contribution in [3.63, 3.8) is 0 Å². The van der Waals surface area contributed by atoms with Gasteiger partial charge in [0.05, 0.1) is 0 Å². The number of aromatic hydroxyl groups is 1. The topological polar surface area (TPSA) is 209 Å². The molecule has 0 bridgehead atoms. The number of nitrogens with zero attached hydrogens (tertiary/aromatic N) is 6. The molecule has 2 aromatic rings. The highest BCUT2D eigenvalue weighted by atomic mass is 32.2. The van der Waals surface area contributed by atoms with Gasteiger partial charge in [-0.25, -0.2) is 9.48 Å². The molecule has 0 radical (unpaired) electrons. The van der Waals surface area contributed by atoms with Crippen molar-refractivity contribution in [2.45, 2.75) is 23.1 Å². The van der Waals surface area contributed by atoms with E-state index in [1.54, 1.807) is 0 Å². The lowest BCUT2D eigenvalue weighted by Gasteiger charge is -2.49. The molecule has 2 aliphatic rings. The number of rotatable bonds is 10. The number of aliphatic carboxylic acids is 2. The summed E-state index contributed by atoms with van der Waals surface area (Å²) in [5, 5.41) is 45.1. The Hall–Kier alpha value is -4.12. The van der Waals surface area contributed by atoms with E-state index in [2.05, 4.69) is 26.0 Å². The largest absolute Gasteiger partial charge is 0.508 e. The zero-order chi connectivity index (χ0) is 26.7. The third-order valence-corrected chi connectivity index (χ3v) is 7.60. The van der Waals surface area contributed by atoms with Gasteiger partial charge in [-0.2, -0.15) is 0 Å². The van der Waals surface area contributed by atoms with E-state index < -0.39 is 41.7 Å². The molecule has 4 N–H and O–H groups in total. The number of nitrogens with one attached hydrogen (secondary N) is 1. The second kappa shape index (κ2) is 10.9. The van der Waals surface area contributed by atoms with Crippen LogP contribution < -0.4 is 5.32 Å². The number of thioether (sulfide) groups is 2. The van der Waals surface area contributed by atoms with Gasteiger partial charge in [0.2, 0.25) is 5.16 Å². The fourth-order valence-corrected chi connectivity index (χ4v) is 6.01. The van der Waals surface area contributed by atoms with Crippen LogP contribution in [0.2, 0.25) is 0 Å². The molecule has 1 aromatic carbocycles. The summed E-state index contributed by atoms with van der Waals surface area (Å²) in [5.41, 5.74) is 0.302. The lowest BCUT2D eigenvalue weighted by Crippen LogP contribution is -2.71. The molecule has 37 heavy (non-hydrogen) atoms. The molecule has 4 rings (SSSR count). The summed E-state index contributed by atoms with van der Waals surface area (Å²) >= 11 is 2.31. The van der Waals surface area contributed by atoms with Crippen LogP contribution in [0.5, 0.6) is 5.75 Å². The Morgan fingerprint density at radius 2 is 2.11 bits per heavy atom. The van der Waals surface area contributed by atoms with Crippen LogP contribution in [-0.2, 0) is 30.6 Å². The number of oxime groups is 1. The van der Waals surface area contributed by atoms with E-state index in [0.29, 0.717) is 5.57 Å². The Labute approximate surface area is 216 Å². The smallest absolute Gasteiger partial charge is 0.352 e. The average Bonchev–Trinajstić information content (AvgIpc) is 3.29. The normalized spacial score (nSPS) is 19.2. The number of carboxylic acid groups (broad SMARTS) is 2. The molecule has 17 heteroatoms. The average molecular weight is 550 g/mol. The van der Waals surface area contributed by atoms with Gasteiger partial charge in [-0.15, -0.1) is 16.9 Å². The van der Waals surface area contributed by atoms with Gasteiger partial charge in [0.25, 0.3) is 11.8 Å². The molecule has 2 atom stereocenters. The number of hydrogen-bond acceptors (Lipinski definition) is 12. The maximum atomic E-state index is 13.0. The minimum atomic E-state index is -1.31. The maximum absolute atomic E-state index is 13.0. The van der Waals surface area contributed by atoms with Crippen molar-refractivity contribution in [2.24, 2.45) is 5.16 Å². The molecule has 2 amide bonds. The third kappa shape index (κ3) is 5.36. The van der Waals surface area contributed by atoms with E-state index in [0.717, 1.165) is 21.3 Å². The lowest BCUT2D eigenvalue weighted by molar-refractivity contribution is -0.150. The van der Waals surface area contributed by atoms with Crippen LogP contribution in [0.1, 0.15) is 5.56 Å². The van der Waals surface area contributed by atoms with Crippen LogP contribution in [-0.4, -0.2) is 99.9 Å². The summed E-state index contributed by atoms with van der Waals surface area (Å²) in [5.74, 6) is -3.57. The number of benzene rings is 1. The van der Waals surface area contributed by atoms with Gasteiger partial charge >= 0.3 is 11.9 Å². The summed E-state index contributed by atoms with van der Waals surface area (Å²) in [6.45, 7) is -0.458. The fourth-order valence-electron chi connectivity index (χ4n) is 3.65. The molecule has 1 saturated heterocycles. The number of hydrogen-bond donors (Lipinski definition) is 4. The molecule has 0 saturated carbocycles. The van der Waals surface area contributed by atoms with Crippen molar-refractivity contribution in [3.8, 4) is 5.75 Å². The quantitative estimate of drug-likeness (QED) is 0.126. The Balaban J connectivity index is 1.49. The van der Waals surface area contributed by atoms with Gasteiger partial charge in [-0.1, -0.05) is 29.1 Å². The molecule has 0 aliphatic carbocycles. The highest BCUT2D eigenvalue weighted by Crippen LogP contribution is 2.41. The van der Waals surface area contributed by atoms with E-state index in [1.165, 1.54) is 43.1 Å². The first-order chi connectivity index (χ1) is 17.7. The van der Waals surface area contributed by atoms with Crippen LogP contribution in [0.25, 0.3) is 0 Å². The van der Waals surface area contributed by atoms with Crippen molar-refractivity contribution < 1.29 is 39.3 Å². The Kier molecular flexibility index (Phi) is 7.63. The second-order valence-corrected chi connectivity index (χ2v) is 9.64. The van der Waals surface area contributed by atoms with Gasteiger partial charge in [-0.05, 0) is 28.1 Å². The van der Waals surface area contributed by atoms with Crippen LogP contribution in [0.3, 0.4) is 0 Å². The number of phenolic OH excluding ortho intramolecular Hbond substituents is 1. The van der Waals surface area contributed by atoms with Crippen molar-refractivity contribution in [1.29, 1.82) is 0 Å². The van der Waals surface area contributed by atoms with Crippen molar-refractivity contribution >= 4 is 53.0 Å².